The van der Waals surface area contributed by atoms with E-state index in [1.54, 1.807) is 16.9 Å². The van der Waals surface area contributed by atoms with Crippen LogP contribution >= 0.6 is 15.9 Å². The summed E-state index contributed by atoms with van der Waals surface area (Å²) < 4.78 is 2.44. The van der Waals surface area contributed by atoms with Gasteiger partial charge in [-0.05, 0) is 33.0 Å². The van der Waals surface area contributed by atoms with E-state index in [9.17, 15) is 0 Å². The summed E-state index contributed by atoms with van der Waals surface area (Å²) in [6.07, 6.45) is 5.51. The molecule has 2 aromatic rings. The molecule has 4 nitrogen and oxygen atoms in total. The fraction of sp³-hybridized carbons (Fsp3) is 0.364. The first-order valence-electron chi connectivity index (χ1n) is 5.01. The van der Waals surface area contributed by atoms with Gasteiger partial charge in [-0.2, -0.15) is 5.10 Å². The number of hydrogen-bond donors (Lipinski definition) is 0. The van der Waals surface area contributed by atoms with E-state index in [1.165, 1.54) is 0 Å². The summed E-state index contributed by atoms with van der Waals surface area (Å²) in [5, 5.41) is 4.26. The van der Waals surface area contributed by atoms with E-state index in [-0.39, 0.29) is 5.41 Å². The highest BCUT2D eigenvalue weighted by molar-refractivity contribution is 9.10. The van der Waals surface area contributed by atoms with Crippen LogP contribution in [0, 0.1) is 0 Å². The van der Waals surface area contributed by atoms with Crippen LogP contribution in [0.4, 0.5) is 0 Å². The van der Waals surface area contributed by atoms with Gasteiger partial charge in [-0.15, -0.1) is 0 Å². The van der Waals surface area contributed by atoms with Crippen molar-refractivity contribution in [3.63, 3.8) is 0 Å². The molecule has 0 N–H and O–H groups in total. The highest BCUT2D eigenvalue weighted by Gasteiger charge is 2.16. The Kier molecular flexibility index (Phi) is 2.80. The van der Waals surface area contributed by atoms with E-state index in [1.807, 2.05) is 12.4 Å². The van der Waals surface area contributed by atoms with E-state index < -0.39 is 0 Å². The van der Waals surface area contributed by atoms with Crippen molar-refractivity contribution in [3.8, 4) is 5.95 Å². The Morgan fingerprint density at radius 3 is 2.62 bits per heavy atom. The Morgan fingerprint density at radius 2 is 2.06 bits per heavy atom. The third-order valence-electron chi connectivity index (χ3n) is 2.26. The number of nitrogens with zero attached hydrogens (tertiary/aromatic N) is 4. The number of halogens is 1. The summed E-state index contributed by atoms with van der Waals surface area (Å²) in [5.41, 5.74) is 1.25. The first kappa shape index (κ1) is 11.3. The predicted octanol–water partition coefficient (Wildman–Crippen LogP) is 2.72. The number of rotatable bonds is 1. The maximum atomic E-state index is 4.26. The lowest BCUT2D eigenvalue weighted by molar-refractivity contribution is 0.590. The molecule has 0 atom stereocenters. The predicted molar refractivity (Wildman–Crippen MR) is 65.6 cm³/mol. The molecule has 0 radical (unpaired) electrons. The van der Waals surface area contributed by atoms with E-state index in [4.69, 9.17) is 0 Å². The molecule has 0 aliphatic heterocycles. The van der Waals surface area contributed by atoms with Gasteiger partial charge in [0, 0.05) is 12.4 Å². The van der Waals surface area contributed by atoms with Gasteiger partial charge >= 0.3 is 0 Å². The molecule has 0 fully saturated rings. The highest BCUT2D eigenvalue weighted by atomic mass is 79.9. The minimum absolute atomic E-state index is 0.0876. The quantitative estimate of drug-likeness (QED) is 0.755. The summed E-state index contributed by atoms with van der Waals surface area (Å²) in [7, 11) is 0. The van der Waals surface area contributed by atoms with E-state index >= 15 is 0 Å². The Hall–Kier alpha value is -1.23. The normalized spacial score (nSPS) is 11.8. The van der Waals surface area contributed by atoms with Crippen molar-refractivity contribution in [1.82, 2.24) is 19.7 Å². The van der Waals surface area contributed by atoms with Crippen molar-refractivity contribution in [2.45, 2.75) is 26.2 Å². The molecule has 84 valence electrons. The third-order valence-corrected chi connectivity index (χ3v) is 2.70. The van der Waals surface area contributed by atoms with E-state index in [0.29, 0.717) is 5.95 Å². The minimum atomic E-state index is 0.0876. The van der Waals surface area contributed by atoms with Gasteiger partial charge in [0.25, 0.3) is 5.95 Å². The first-order chi connectivity index (χ1) is 7.47. The minimum Gasteiger partial charge on any atom is -0.220 e. The summed E-state index contributed by atoms with van der Waals surface area (Å²) >= 11 is 3.31. The average Bonchev–Trinajstić information content (AvgIpc) is 2.65. The molecule has 0 aliphatic carbocycles. The number of hydrogen-bond acceptors (Lipinski definition) is 3. The molecule has 2 heterocycles. The van der Waals surface area contributed by atoms with Crippen LogP contribution in [-0.2, 0) is 5.41 Å². The van der Waals surface area contributed by atoms with Crippen LogP contribution in [0.2, 0.25) is 0 Å². The molecular weight excluding hydrogens is 268 g/mol. The number of aromatic nitrogens is 4. The summed E-state index contributed by atoms with van der Waals surface area (Å²) in [6.45, 7) is 6.45. The van der Waals surface area contributed by atoms with Crippen LogP contribution in [0.5, 0.6) is 0 Å². The van der Waals surface area contributed by atoms with Crippen LogP contribution in [-0.4, -0.2) is 19.7 Å². The van der Waals surface area contributed by atoms with Crippen LogP contribution in [0.25, 0.3) is 5.95 Å². The van der Waals surface area contributed by atoms with Crippen molar-refractivity contribution in [1.29, 1.82) is 0 Å². The maximum absolute atomic E-state index is 4.26. The second-order valence-corrected chi connectivity index (χ2v) is 5.42. The van der Waals surface area contributed by atoms with Crippen LogP contribution < -0.4 is 0 Å². The molecule has 16 heavy (non-hydrogen) atoms. The Labute approximate surface area is 103 Å². The monoisotopic (exact) mass is 280 g/mol. The highest BCUT2D eigenvalue weighted by Crippen LogP contribution is 2.21. The van der Waals surface area contributed by atoms with Crippen molar-refractivity contribution in [3.05, 3.63) is 34.8 Å². The Bertz CT molecular complexity index is 499. The summed E-state index contributed by atoms with van der Waals surface area (Å²) in [5.74, 6) is 0.574. The fourth-order valence-corrected chi connectivity index (χ4v) is 1.53. The second-order valence-electron chi connectivity index (χ2n) is 4.60. The summed E-state index contributed by atoms with van der Waals surface area (Å²) in [6, 6.07) is 1.79. The van der Waals surface area contributed by atoms with E-state index in [2.05, 4.69) is 51.8 Å². The van der Waals surface area contributed by atoms with Gasteiger partial charge in [0.15, 0.2) is 0 Å². The fourth-order valence-electron chi connectivity index (χ4n) is 1.26. The molecule has 2 aromatic heterocycles. The lowest BCUT2D eigenvalue weighted by Gasteiger charge is -2.14. The summed E-state index contributed by atoms with van der Waals surface area (Å²) in [4.78, 5) is 8.41. The van der Waals surface area contributed by atoms with Crippen molar-refractivity contribution < 1.29 is 0 Å². The Balaban J connectivity index is 2.39. The third kappa shape index (κ3) is 2.29. The van der Waals surface area contributed by atoms with Crippen LogP contribution in [0.1, 0.15) is 26.3 Å². The molecule has 0 unspecified atom stereocenters. The standard InChI is InChI=1S/C11H13BrN4/c1-11(2,3)8-6-14-16(7-8)10-13-5-4-9(12)15-10/h4-7H,1-3H3. The lowest BCUT2D eigenvalue weighted by Crippen LogP contribution is -2.09. The van der Waals surface area contributed by atoms with Gasteiger partial charge in [0.1, 0.15) is 4.60 Å². The van der Waals surface area contributed by atoms with Gasteiger partial charge in [-0.3, -0.25) is 0 Å². The zero-order chi connectivity index (χ0) is 11.8. The molecule has 0 bridgehead atoms. The molecule has 0 amide bonds. The van der Waals surface area contributed by atoms with Crippen LogP contribution in [0.15, 0.2) is 29.3 Å². The topological polar surface area (TPSA) is 43.6 Å². The van der Waals surface area contributed by atoms with Gasteiger partial charge in [0.05, 0.1) is 6.20 Å². The van der Waals surface area contributed by atoms with Gasteiger partial charge in [0.2, 0.25) is 0 Å². The molecule has 0 saturated carbocycles. The molecule has 0 aromatic carbocycles. The van der Waals surface area contributed by atoms with Gasteiger partial charge < -0.3 is 0 Å². The molecule has 0 aliphatic rings. The molecule has 5 heteroatoms. The van der Waals surface area contributed by atoms with Crippen LogP contribution in [0.3, 0.4) is 0 Å². The van der Waals surface area contributed by atoms with Gasteiger partial charge in [-0.1, -0.05) is 20.8 Å². The average molecular weight is 281 g/mol. The molecule has 0 spiro atoms. The molecule has 0 saturated heterocycles. The smallest absolute Gasteiger partial charge is 0.220 e. The molecular formula is C11H13BrN4. The van der Waals surface area contributed by atoms with Crippen molar-refractivity contribution in [2.75, 3.05) is 0 Å². The van der Waals surface area contributed by atoms with Crippen molar-refractivity contribution in [2.24, 2.45) is 0 Å². The zero-order valence-electron chi connectivity index (χ0n) is 9.48. The second kappa shape index (κ2) is 3.97. The lowest BCUT2D eigenvalue weighted by atomic mass is 9.90. The zero-order valence-corrected chi connectivity index (χ0v) is 11.1. The van der Waals surface area contributed by atoms with Crippen molar-refractivity contribution >= 4 is 15.9 Å². The van der Waals surface area contributed by atoms with Gasteiger partial charge in [-0.25, -0.2) is 14.6 Å². The maximum Gasteiger partial charge on any atom is 0.251 e. The molecule has 2 rings (SSSR count). The Morgan fingerprint density at radius 1 is 1.31 bits per heavy atom. The first-order valence-corrected chi connectivity index (χ1v) is 5.80. The SMILES string of the molecule is CC(C)(C)c1cnn(-c2nccc(Br)n2)c1. The van der Waals surface area contributed by atoms with E-state index in [0.717, 1.165) is 10.2 Å². The largest absolute Gasteiger partial charge is 0.251 e.